The van der Waals surface area contributed by atoms with Crippen LogP contribution in [0.5, 0.6) is 0 Å². The number of benzene rings is 1. The molecule has 0 unspecified atom stereocenters. The fourth-order valence-corrected chi connectivity index (χ4v) is 4.59. The van der Waals surface area contributed by atoms with Gasteiger partial charge in [-0.3, -0.25) is 4.79 Å². The summed E-state index contributed by atoms with van der Waals surface area (Å²) in [6.07, 6.45) is 8.10. The second-order valence-electron chi connectivity index (χ2n) is 7.23. The number of hydrogen-bond acceptors (Lipinski definition) is 4. The number of amides is 1. The highest BCUT2D eigenvalue weighted by molar-refractivity contribution is 7.99. The second-order valence-corrected chi connectivity index (χ2v) is 8.17. The molecule has 1 saturated carbocycles. The zero-order chi connectivity index (χ0) is 19.2. The molecule has 3 rings (SSSR count). The van der Waals surface area contributed by atoms with Crippen LogP contribution >= 0.6 is 11.8 Å². The lowest BCUT2D eigenvalue weighted by Crippen LogP contribution is -2.17. The van der Waals surface area contributed by atoms with Crippen LogP contribution in [-0.2, 0) is 24.7 Å². The number of nitrogens with zero attached hydrogens (tertiary/aromatic N) is 3. The first-order chi connectivity index (χ1) is 13.1. The summed E-state index contributed by atoms with van der Waals surface area (Å²) in [5, 5.41) is 12.7. The predicted octanol–water partition coefficient (Wildman–Crippen LogP) is 4.72. The normalized spacial score (nSPS) is 15.1. The number of rotatable bonds is 7. The van der Waals surface area contributed by atoms with Gasteiger partial charge in [-0.2, -0.15) is 0 Å². The molecular formula is C21H30N4OS. The Balaban J connectivity index is 1.63. The molecule has 1 aromatic heterocycles. The molecule has 1 amide bonds. The third-order valence-corrected chi connectivity index (χ3v) is 6.45. The number of carbonyl (C=O) groups excluding carboxylic acids is 1. The van der Waals surface area contributed by atoms with Crippen LogP contribution in [0.4, 0.5) is 5.69 Å². The summed E-state index contributed by atoms with van der Waals surface area (Å²) in [6, 6.07) is 6.23. The quantitative estimate of drug-likeness (QED) is 0.700. The fourth-order valence-electron chi connectivity index (χ4n) is 3.88. The molecule has 1 aliphatic carbocycles. The SMILES string of the molecule is CCc1cccc(CC)c1NC(=O)CSc1nnc(C2CCCCC2)n1C. The molecule has 1 N–H and O–H groups in total. The van der Waals surface area contributed by atoms with E-state index < -0.39 is 0 Å². The number of aryl methyl sites for hydroxylation is 2. The van der Waals surface area contributed by atoms with Gasteiger partial charge in [-0.15, -0.1) is 10.2 Å². The Labute approximate surface area is 166 Å². The molecule has 0 saturated heterocycles. The largest absolute Gasteiger partial charge is 0.325 e. The van der Waals surface area contributed by atoms with Crippen molar-refractivity contribution in [1.29, 1.82) is 0 Å². The van der Waals surface area contributed by atoms with Crippen LogP contribution in [-0.4, -0.2) is 26.4 Å². The summed E-state index contributed by atoms with van der Waals surface area (Å²) in [7, 11) is 2.02. The van der Waals surface area contributed by atoms with Crippen LogP contribution in [0.25, 0.3) is 0 Å². The van der Waals surface area contributed by atoms with Crippen LogP contribution in [0.15, 0.2) is 23.4 Å². The van der Waals surface area contributed by atoms with Crippen molar-refractivity contribution in [2.24, 2.45) is 7.05 Å². The van der Waals surface area contributed by atoms with E-state index in [1.807, 2.05) is 7.05 Å². The van der Waals surface area contributed by atoms with E-state index in [1.54, 1.807) is 0 Å². The van der Waals surface area contributed by atoms with Crippen molar-refractivity contribution in [1.82, 2.24) is 14.8 Å². The monoisotopic (exact) mass is 386 g/mol. The Morgan fingerprint density at radius 2 is 1.81 bits per heavy atom. The standard InChI is InChI=1S/C21H30N4OS/c1-4-15-12-9-13-16(5-2)19(15)22-18(26)14-27-21-24-23-20(25(21)3)17-10-7-6-8-11-17/h9,12-13,17H,4-8,10-11,14H2,1-3H3,(H,22,26). The number of hydrogen-bond donors (Lipinski definition) is 1. The van der Waals surface area contributed by atoms with Crippen molar-refractivity contribution >= 4 is 23.4 Å². The van der Waals surface area contributed by atoms with E-state index in [2.05, 4.69) is 52.1 Å². The number of thioether (sulfide) groups is 1. The molecule has 1 fully saturated rings. The van der Waals surface area contributed by atoms with Gasteiger partial charge in [0.1, 0.15) is 5.82 Å². The first kappa shape index (κ1) is 19.9. The minimum absolute atomic E-state index is 0.0119. The minimum Gasteiger partial charge on any atom is -0.325 e. The topological polar surface area (TPSA) is 59.8 Å². The molecule has 0 atom stereocenters. The molecule has 27 heavy (non-hydrogen) atoms. The Morgan fingerprint density at radius 3 is 2.44 bits per heavy atom. The van der Waals surface area contributed by atoms with Gasteiger partial charge >= 0.3 is 0 Å². The molecule has 0 radical (unpaired) electrons. The zero-order valence-electron chi connectivity index (χ0n) is 16.6. The van der Waals surface area contributed by atoms with E-state index in [0.29, 0.717) is 11.7 Å². The number of nitrogens with one attached hydrogen (secondary N) is 1. The second kappa shape index (κ2) is 9.40. The number of carbonyl (C=O) groups is 1. The molecule has 146 valence electrons. The van der Waals surface area contributed by atoms with Crippen molar-refractivity contribution in [3.63, 3.8) is 0 Å². The molecule has 2 aromatic rings. The first-order valence-corrected chi connectivity index (χ1v) is 11.0. The summed E-state index contributed by atoms with van der Waals surface area (Å²) in [6.45, 7) is 4.23. The molecule has 0 spiro atoms. The first-order valence-electron chi connectivity index (χ1n) is 10.1. The fraction of sp³-hybridized carbons (Fsp3) is 0.571. The average molecular weight is 387 g/mol. The molecular weight excluding hydrogens is 356 g/mol. The van der Waals surface area contributed by atoms with Gasteiger partial charge in [-0.05, 0) is 36.8 Å². The summed E-state index contributed by atoms with van der Waals surface area (Å²) in [5.74, 6) is 1.95. The third-order valence-electron chi connectivity index (χ3n) is 5.43. The Bertz CT molecular complexity index is 758. The zero-order valence-corrected chi connectivity index (χ0v) is 17.4. The highest BCUT2D eigenvalue weighted by Gasteiger charge is 2.22. The lowest BCUT2D eigenvalue weighted by molar-refractivity contribution is -0.113. The van der Waals surface area contributed by atoms with Gasteiger partial charge in [0.05, 0.1) is 5.75 Å². The van der Waals surface area contributed by atoms with Gasteiger partial charge in [-0.25, -0.2) is 0 Å². The molecule has 0 aliphatic heterocycles. The maximum Gasteiger partial charge on any atom is 0.234 e. The van der Waals surface area contributed by atoms with Crippen LogP contribution in [0.2, 0.25) is 0 Å². The number of para-hydroxylation sites is 1. The van der Waals surface area contributed by atoms with Gasteiger partial charge in [0.15, 0.2) is 5.16 Å². The Hall–Kier alpha value is -1.82. The van der Waals surface area contributed by atoms with Crippen molar-refractivity contribution in [2.45, 2.75) is 69.9 Å². The Kier molecular flexibility index (Phi) is 6.94. The molecule has 1 heterocycles. The van der Waals surface area contributed by atoms with Crippen LogP contribution in [0.1, 0.15) is 68.8 Å². The molecule has 1 aliphatic rings. The molecule has 1 aromatic carbocycles. The maximum atomic E-state index is 12.6. The minimum atomic E-state index is 0.0119. The average Bonchev–Trinajstić information content (AvgIpc) is 3.07. The van der Waals surface area contributed by atoms with Gasteiger partial charge < -0.3 is 9.88 Å². The van der Waals surface area contributed by atoms with E-state index in [9.17, 15) is 4.79 Å². The molecule has 6 heteroatoms. The number of anilines is 1. The smallest absolute Gasteiger partial charge is 0.234 e. The van der Waals surface area contributed by atoms with E-state index >= 15 is 0 Å². The summed E-state index contributed by atoms with van der Waals surface area (Å²) in [4.78, 5) is 12.6. The van der Waals surface area contributed by atoms with Gasteiger partial charge in [0, 0.05) is 18.7 Å². The van der Waals surface area contributed by atoms with Crippen LogP contribution in [0.3, 0.4) is 0 Å². The summed E-state index contributed by atoms with van der Waals surface area (Å²) in [5.41, 5.74) is 3.35. The highest BCUT2D eigenvalue weighted by atomic mass is 32.2. The van der Waals surface area contributed by atoms with E-state index in [4.69, 9.17) is 0 Å². The summed E-state index contributed by atoms with van der Waals surface area (Å²) < 4.78 is 2.07. The maximum absolute atomic E-state index is 12.6. The van der Waals surface area contributed by atoms with Crippen molar-refractivity contribution < 1.29 is 4.79 Å². The van der Waals surface area contributed by atoms with Gasteiger partial charge in [0.2, 0.25) is 5.91 Å². The van der Waals surface area contributed by atoms with Crippen molar-refractivity contribution in [2.75, 3.05) is 11.1 Å². The molecule has 0 bridgehead atoms. The van der Waals surface area contributed by atoms with Crippen LogP contribution < -0.4 is 5.32 Å². The number of aromatic nitrogens is 3. The summed E-state index contributed by atoms with van der Waals surface area (Å²) >= 11 is 1.46. The Morgan fingerprint density at radius 1 is 1.15 bits per heavy atom. The van der Waals surface area contributed by atoms with Crippen molar-refractivity contribution in [3.05, 3.63) is 35.2 Å². The van der Waals surface area contributed by atoms with E-state index in [-0.39, 0.29) is 5.91 Å². The van der Waals surface area contributed by atoms with Gasteiger partial charge in [0.25, 0.3) is 0 Å². The lowest BCUT2D eigenvalue weighted by atomic mass is 9.89. The predicted molar refractivity (Wildman–Crippen MR) is 111 cm³/mol. The van der Waals surface area contributed by atoms with E-state index in [0.717, 1.165) is 29.5 Å². The lowest BCUT2D eigenvalue weighted by Gasteiger charge is -2.20. The van der Waals surface area contributed by atoms with Crippen LogP contribution in [0, 0.1) is 0 Å². The van der Waals surface area contributed by atoms with E-state index in [1.165, 1.54) is 55.0 Å². The highest BCUT2D eigenvalue weighted by Crippen LogP contribution is 2.32. The third kappa shape index (κ3) is 4.72. The van der Waals surface area contributed by atoms with Crippen molar-refractivity contribution in [3.8, 4) is 0 Å². The molecule has 5 nitrogen and oxygen atoms in total. The van der Waals surface area contributed by atoms with Gasteiger partial charge in [-0.1, -0.05) is 63.1 Å².